The molecule has 0 aliphatic rings. The highest BCUT2D eigenvalue weighted by Gasteiger charge is 2.11. The lowest BCUT2D eigenvalue weighted by Crippen LogP contribution is -2.02. The van der Waals surface area contributed by atoms with E-state index >= 15 is 0 Å². The Balaban J connectivity index is 1.97. The first-order chi connectivity index (χ1) is 9.16. The van der Waals surface area contributed by atoms with E-state index in [1.807, 2.05) is 30.3 Å². The Hall–Kier alpha value is -2.36. The number of nitro benzene ring substituents is 1. The van der Waals surface area contributed by atoms with E-state index < -0.39 is 0 Å². The summed E-state index contributed by atoms with van der Waals surface area (Å²) in [5.74, 6) is 0.535. The highest BCUT2D eigenvalue weighted by molar-refractivity contribution is 5.45. The van der Waals surface area contributed by atoms with Crippen molar-refractivity contribution in [2.24, 2.45) is 0 Å². The van der Waals surface area contributed by atoms with Crippen molar-refractivity contribution in [2.45, 2.75) is 13.3 Å². The van der Waals surface area contributed by atoms with Gasteiger partial charge in [-0.2, -0.15) is 0 Å². The van der Waals surface area contributed by atoms with Crippen molar-refractivity contribution in [2.75, 3.05) is 6.61 Å². The standard InChI is InChI=1S/C15H15NO3/c1-12-7-8-14(11-15(12)16(17)18)19-10-9-13-5-3-2-4-6-13/h2-8,11H,9-10H2,1H3. The summed E-state index contributed by atoms with van der Waals surface area (Å²) in [4.78, 5) is 10.4. The lowest BCUT2D eigenvalue weighted by atomic mass is 10.2. The normalized spacial score (nSPS) is 10.2. The molecule has 2 aromatic rings. The summed E-state index contributed by atoms with van der Waals surface area (Å²) >= 11 is 0. The van der Waals surface area contributed by atoms with Crippen molar-refractivity contribution >= 4 is 5.69 Å². The molecule has 0 aromatic heterocycles. The van der Waals surface area contributed by atoms with Gasteiger partial charge in [0.05, 0.1) is 17.6 Å². The first-order valence-corrected chi connectivity index (χ1v) is 6.08. The maximum atomic E-state index is 10.8. The molecule has 4 heteroatoms. The Labute approximate surface area is 111 Å². The van der Waals surface area contributed by atoms with Gasteiger partial charge in [-0.05, 0) is 24.6 Å². The van der Waals surface area contributed by atoms with E-state index in [9.17, 15) is 10.1 Å². The molecule has 0 saturated carbocycles. The van der Waals surface area contributed by atoms with Gasteiger partial charge in [-0.1, -0.05) is 30.3 Å². The molecule has 0 amide bonds. The predicted octanol–water partition coefficient (Wildman–Crippen LogP) is 3.52. The van der Waals surface area contributed by atoms with Crippen molar-refractivity contribution in [3.05, 3.63) is 69.8 Å². The second-order valence-corrected chi connectivity index (χ2v) is 4.29. The predicted molar refractivity (Wildman–Crippen MR) is 73.5 cm³/mol. The van der Waals surface area contributed by atoms with Crippen molar-refractivity contribution in [3.63, 3.8) is 0 Å². The maximum Gasteiger partial charge on any atom is 0.275 e. The fourth-order valence-corrected chi connectivity index (χ4v) is 1.81. The number of benzene rings is 2. The largest absolute Gasteiger partial charge is 0.493 e. The minimum absolute atomic E-state index is 0.0946. The Kier molecular flexibility index (Phi) is 4.13. The zero-order chi connectivity index (χ0) is 13.7. The van der Waals surface area contributed by atoms with Crippen LogP contribution in [0.2, 0.25) is 0 Å². The fraction of sp³-hybridized carbons (Fsp3) is 0.200. The molecule has 0 spiro atoms. The minimum Gasteiger partial charge on any atom is -0.493 e. The van der Waals surface area contributed by atoms with Crippen LogP contribution in [0.15, 0.2) is 48.5 Å². The third-order valence-electron chi connectivity index (χ3n) is 2.88. The summed E-state index contributed by atoms with van der Waals surface area (Å²) in [7, 11) is 0. The van der Waals surface area contributed by atoms with Crippen LogP contribution in [0.1, 0.15) is 11.1 Å². The molecule has 0 aliphatic heterocycles. The molecule has 19 heavy (non-hydrogen) atoms. The van der Waals surface area contributed by atoms with Gasteiger partial charge in [-0.3, -0.25) is 10.1 Å². The molecule has 0 heterocycles. The van der Waals surface area contributed by atoms with Gasteiger partial charge in [0.1, 0.15) is 5.75 Å². The summed E-state index contributed by atoms with van der Waals surface area (Å²) in [6, 6.07) is 14.9. The van der Waals surface area contributed by atoms with Crippen molar-refractivity contribution in [3.8, 4) is 5.75 Å². The molecule has 98 valence electrons. The lowest BCUT2D eigenvalue weighted by Gasteiger charge is -2.07. The molecule has 2 rings (SSSR count). The lowest BCUT2D eigenvalue weighted by molar-refractivity contribution is -0.385. The third-order valence-corrected chi connectivity index (χ3v) is 2.88. The SMILES string of the molecule is Cc1ccc(OCCc2ccccc2)cc1[N+](=O)[O-]. The second-order valence-electron chi connectivity index (χ2n) is 4.29. The summed E-state index contributed by atoms with van der Waals surface area (Å²) in [5, 5.41) is 10.8. The van der Waals surface area contributed by atoms with E-state index in [1.54, 1.807) is 19.1 Å². The molecule has 0 N–H and O–H groups in total. The molecule has 0 saturated heterocycles. The molecule has 4 nitrogen and oxygen atoms in total. The summed E-state index contributed by atoms with van der Waals surface area (Å²) < 4.78 is 5.55. The van der Waals surface area contributed by atoms with Gasteiger partial charge < -0.3 is 4.74 Å². The smallest absolute Gasteiger partial charge is 0.275 e. The molecule has 0 fully saturated rings. The summed E-state index contributed by atoms with van der Waals surface area (Å²) in [6.07, 6.45) is 0.780. The molecule has 0 unspecified atom stereocenters. The van der Waals surface area contributed by atoms with Gasteiger partial charge in [0.25, 0.3) is 5.69 Å². The highest BCUT2D eigenvalue weighted by atomic mass is 16.6. The molecule has 2 aromatic carbocycles. The van der Waals surface area contributed by atoms with Crippen LogP contribution < -0.4 is 4.74 Å². The van der Waals surface area contributed by atoms with Crippen LogP contribution in [-0.2, 0) is 6.42 Å². The van der Waals surface area contributed by atoms with Crippen LogP contribution in [0.5, 0.6) is 5.75 Å². The van der Waals surface area contributed by atoms with Crippen LogP contribution in [-0.4, -0.2) is 11.5 Å². The Morgan fingerprint density at radius 1 is 1.16 bits per heavy atom. The first kappa shape index (κ1) is 13.1. The second kappa shape index (κ2) is 6.00. The molecule has 0 radical (unpaired) electrons. The number of nitrogens with zero attached hydrogens (tertiary/aromatic N) is 1. The quantitative estimate of drug-likeness (QED) is 0.608. The van der Waals surface area contributed by atoms with Crippen LogP contribution in [0.4, 0.5) is 5.69 Å². The summed E-state index contributed by atoms with van der Waals surface area (Å²) in [5.41, 5.74) is 1.92. The monoisotopic (exact) mass is 257 g/mol. The molecule has 0 bridgehead atoms. The van der Waals surface area contributed by atoms with E-state index in [4.69, 9.17) is 4.74 Å². The number of hydrogen-bond acceptors (Lipinski definition) is 3. The zero-order valence-electron chi connectivity index (χ0n) is 10.7. The van der Waals surface area contributed by atoms with Gasteiger partial charge in [-0.25, -0.2) is 0 Å². The van der Waals surface area contributed by atoms with Crippen LogP contribution in [0.3, 0.4) is 0 Å². The summed E-state index contributed by atoms with van der Waals surface area (Å²) in [6.45, 7) is 2.22. The first-order valence-electron chi connectivity index (χ1n) is 6.08. The number of ether oxygens (including phenoxy) is 1. The van der Waals surface area contributed by atoms with E-state index in [0.717, 1.165) is 6.42 Å². The third kappa shape index (κ3) is 3.55. The van der Waals surface area contributed by atoms with Crippen molar-refractivity contribution in [1.82, 2.24) is 0 Å². The topological polar surface area (TPSA) is 52.4 Å². The van der Waals surface area contributed by atoms with E-state index in [0.29, 0.717) is 17.9 Å². The highest BCUT2D eigenvalue weighted by Crippen LogP contribution is 2.23. The Morgan fingerprint density at radius 3 is 2.58 bits per heavy atom. The number of rotatable bonds is 5. The Morgan fingerprint density at radius 2 is 1.89 bits per heavy atom. The van der Waals surface area contributed by atoms with E-state index in [2.05, 4.69) is 0 Å². The van der Waals surface area contributed by atoms with Crippen LogP contribution >= 0.6 is 0 Å². The maximum absolute atomic E-state index is 10.8. The minimum atomic E-state index is -0.389. The Bertz CT molecular complexity index is 567. The van der Waals surface area contributed by atoms with E-state index in [1.165, 1.54) is 11.6 Å². The average molecular weight is 257 g/mol. The number of hydrogen-bond donors (Lipinski definition) is 0. The van der Waals surface area contributed by atoms with Gasteiger partial charge >= 0.3 is 0 Å². The zero-order valence-corrected chi connectivity index (χ0v) is 10.7. The molecule has 0 aliphatic carbocycles. The molecular weight excluding hydrogens is 242 g/mol. The van der Waals surface area contributed by atoms with Crippen LogP contribution in [0, 0.1) is 17.0 Å². The van der Waals surface area contributed by atoms with Gasteiger partial charge in [0, 0.05) is 12.0 Å². The van der Waals surface area contributed by atoms with Crippen molar-refractivity contribution in [1.29, 1.82) is 0 Å². The van der Waals surface area contributed by atoms with Gasteiger partial charge in [-0.15, -0.1) is 0 Å². The van der Waals surface area contributed by atoms with Gasteiger partial charge in [0.2, 0.25) is 0 Å². The number of aryl methyl sites for hydroxylation is 1. The average Bonchev–Trinajstić information content (AvgIpc) is 2.41. The van der Waals surface area contributed by atoms with Crippen molar-refractivity contribution < 1.29 is 9.66 Å². The van der Waals surface area contributed by atoms with E-state index in [-0.39, 0.29) is 10.6 Å². The number of nitro groups is 1. The van der Waals surface area contributed by atoms with Gasteiger partial charge in [0.15, 0.2) is 0 Å². The molecular formula is C15H15NO3. The molecule has 0 atom stereocenters. The van der Waals surface area contributed by atoms with Crippen LogP contribution in [0.25, 0.3) is 0 Å². The fourth-order valence-electron chi connectivity index (χ4n) is 1.81.